The Kier molecular flexibility index (Phi) is 3.61. The Balaban J connectivity index is 3.29. The van der Waals surface area contributed by atoms with Gasteiger partial charge in [-0.1, -0.05) is 18.7 Å². The lowest BCUT2D eigenvalue weighted by Gasteiger charge is -2.09. The predicted molar refractivity (Wildman–Crippen MR) is 63.7 cm³/mol. The number of ketones is 1. The highest BCUT2D eigenvalue weighted by molar-refractivity contribution is 6.10. The van der Waals surface area contributed by atoms with E-state index in [1.807, 2.05) is 0 Å². The molecule has 1 N–H and O–H groups in total. The van der Waals surface area contributed by atoms with Crippen molar-refractivity contribution in [2.75, 3.05) is 7.05 Å². The van der Waals surface area contributed by atoms with E-state index in [1.54, 1.807) is 39.1 Å². The number of nitrogens with one attached hydrogen (secondary N) is 1. The maximum Gasteiger partial charge on any atom is 0.251 e. The predicted octanol–water partition coefficient (Wildman–Crippen LogP) is 2.11. The van der Waals surface area contributed by atoms with E-state index >= 15 is 0 Å². The average molecular weight is 217 g/mol. The first-order valence-corrected chi connectivity index (χ1v) is 5.01. The Morgan fingerprint density at radius 1 is 1.25 bits per heavy atom. The summed E-state index contributed by atoms with van der Waals surface area (Å²) in [6.07, 6.45) is 0. The molecule has 1 aromatic rings. The zero-order valence-electron chi connectivity index (χ0n) is 9.76. The summed E-state index contributed by atoms with van der Waals surface area (Å²) >= 11 is 0. The number of hydrogen-bond acceptors (Lipinski definition) is 2. The standard InChI is InChI=1S/C13H15NO2/c1-8(2)12(15)10-6-5-7-11(9(10)3)13(16)14-4/h5-7H,1H2,2-4H3,(H,14,16). The molecule has 1 aromatic carbocycles. The van der Waals surface area contributed by atoms with E-state index in [1.165, 1.54) is 0 Å². The Morgan fingerprint density at radius 3 is 2.31 bits per heavy atom. The van der Waals surface area contributed by atoms with Crippen LogP contribution in [0.15, 0.2) is 30.4 Å². The smallest absolute Gasteiger partial charge is 0.251 e. The van der Waals surface area contributed by atoms with E-state index in [0.717, 1.165) is 0 Å². The van der Waals surface area contributed by atoms with Crippen molar-refractivity contribution in [3.8, 4) is 0 Å². The first-order chi connectivity index (χ1) is 7.49. The molecule has 3 nitrogen and oxygen atoms in total. The third-order valence-electron chi connectivity index (χ3n) is 2.44. The molecule has 0 heterocycles. The van der Waals surface area contributed by atoms with Gasteiger partial charge in [0.25, 0.3) is 5.91 Å². The molecule has 0 unspecified atom stereocenters. The van der Waals surface area contributed by atoms with Gasteiger partial charge in [0.2, 0.25) is 0 Å². The third kappa shape index (κ3) is 2.19. The SMILES string of the molecule is C=C(C)C(=O)c1cccc(C(=O)NC)c1C. The minimum atomic E-state index is -0.186. The van der Waals surface area contributed by atoms with E-state index < -0.39 is 0 Å². The van der Waals surface area contributed by atoms with Gasteiger partial charge in [-0.15, -0.1) is 0 Å². The van der Waals surface area contributed by atoms with Crippen LogP contribution in [-0.2, 0) is 0 Å². The summed E-state index contributed by atoms with van der Waals surface area (Å²) in [4.78, 5) is 23.3. The summed E-state index contributed by atoms with van der Waals surface area (Å²) in [5.41, 5.74) is 2.22. The lowest BCUT2D eigenvalue weighted by atomic mass is 9.96. The van der Waals surface area contributed by atoms with Gasteiger partial charge in [0.1, 0.15) is 0 Å². The minimum Gasteiger partial charge on any atom is -0.355 e. The number of carbonyl (C=O) groups is 2. The number of hydrogen-bond donors (Lipinski definition) is 1. The molecule has 0 saturated carbocycles. The summed E-state index contributed by atoms with van der Waals surface area (Å²) < 4.78 is 0. The molecule has 16 heavy (non-hydrogen) atoms. The molecule has 84 valence electrons. The number of amides is 1. The van der Waals surface area contributed by atoms with E-state index in [0.29, 0.717) is 22.3 Å². The summed E-state index contributed by atoms with van der Waals surface area (Å²) in [6, 6.07) is 5.11. The van der Waals surface area contributed by atoms with Crippen LogP contribution in [0.4, 0.5) is 0 Å². The van der Waals surface area contributed by atoms with Gasteiger partial charge in [-0.25, -0.2) is 0 Å². The van der Waals surface area contributed by atoms with E-state index in [2.05, 4.69) is 11.9 Å². The molecule has 0 aliphatic rings. The zero-order chi connectivity index (χ0) is 12.3. The summed E-state index contributed by atoms with van der Waals surface area (Å²) in [7, 11) is 1.56. The van der Waals surface area contributed by atoms with Gasteiger partial charge < -0.3 is 5.32 Å². The summed E-state index contributed by atoms with van der Waals surface area (Å²) in [6.45, 7) is 7.04. The van der Waals surface area contributed by atoms with Gasteiger partial charge in [0.05, 0.1) is 0 Å². The fourth-order valence-corrected chi connectivity index (χ4v) is 1.49. The number of carbonyl (C=O) groups excluding carboxylic acids is 2. The second-order valence-electron chi connectivity index (χ2n) is 3.67. The van der Waals surface area contributed by atoms with Crippen LogP contribution in [-0.4, -0.2) is 18.7 Å². The molecule has 1 rings (SSSR count). The van der Waals surface area contributed by atoms with E-state index in [-0.39, 0.29) is 11.7 Å². The van der Waals surface area contributed by atoms with Crippen LogP contribution < -0.4 is 5.32 Å². The second-order valence-corrected chi connectivity index (χ2v) is 3.67. The minimum absolute atomic E-state index is 0.122. The molecular weight excluding hydrogens is 202 g/mol. The number of Topliss-reactive ketones (excluding diaryl/α,β-unsaturated/α-hetero) is 1. The van der Waals surface area contributed by atoms with Crippen LogP contribution in [0, 0.1) is 6.92 Å². The quantitative estimate of drug-likeness (QED) is 0.622. The number of allylic oxidation sites excluding steroid dienone is 1. The van der Waals surface area contributed by atoms with Gasteiger partial charge in [0.15, 0.2) is 5.78 Å². The van der Waals surface area contributed by atoms with Gasteiger partial charge in [-0.05, 0) is 31.1 Å². The van der Waals surface area contributed by atoms with Gasteiger partial charge in [-0.3, -0.25) is 9.59 Å². The lowest BCUT2D eigenvalue weighted by Crippen LogP contribution is -2.20. The van der Waals surface area contributed by atoms with Crippen molar-refractivity contribution in [3.63, 3.8) is 0 Å². The van der Waals surface area contributed by atoms with Crippen molar-refractivity contribution in [2.45, 2.75) is 13.8 Å². The van der Waals surface area contributed by atoms with E-state index in [9.17, 15) is 9.59 Å². The van der Waals surface area contributed by atoms with Crippen molar-refractivity contribution >= 4 is 11.7 Å². The van der Waals surface area contributed by atoms with Crippen molar-refractivity contribution in [1.29, 1.82) is 0 Å². The Bertz CT molecular complexity index is 461. The molecular formula is C13H15NO2. The zero-order valence-corrected chi connectivity index (χ0v) is 9.76. The first kappa shape index (κ1) is 12.2. The van der Waals surface area contributed by atoms with Crippen LogP contribution >= 0.6 is 0 Å². The highest BCUT2D eigenvalue weighted by Crippen LogP contribution is 2.16. The highest BCUT2D eigenvalue weighted by atomic mass is 16.1. The lowest BCUT2D eigenvalue weighted by molar-refractivity contribution is 0.0962. The fraction of sp³-hybridized carbons (Fsp3) is 0.231. The van der Waals surface area contributed by atoms with Crippen molar-refractivity contribution < 1.29 is 9.59 Å². The van der Waals surface area contributed by atoms with Gasteiger partial charge in [0, 0.05) is 18.2 Å². The Hall–Kier alpha value is -1.90. The Labute approximate surface area is 95.2 Å². The molecule has 0 bridgehead atoms. The molecule has 3 heteroatoms. The van der Waals surface area contributed by atoms with Gasteiger partial charge >= 0.3 is 0 Å². The average Bonchev–Trinajstić information content (AvgIpc) is 2.27. The molecule has 0 aliphatic carbocycles. The molecule has 1 amide bonds. The van der Waals surface area contributed by atoms with Crippen molar-refractivity contribution in [3.05, 3.63) is 47.0 Å². The first-order valence-electron chi connectivity index (χ1n) is 5.01. The Morgan fingerprint density at radius 2 is 1.81 bits per heavy atom. The molecule has 0 spiro atoms. The number of benzene rings is 1. The van der Waals surface area contributed by atoms with Crippen LogP contribution in [0.5, 0.6) is 0 Å². The number of rotatable bonds is 3. The molecule has 0 radical (unpaired) electrons. The van der Waals surface area contributed by atoms with Crippen LogP contribution in [0.3, 0.4) is 0 Å². The van der Waals surface area contributed by atoms with Gasteiger partial charge in [-0.2, -0.15) is 0 Å². The molecule has 0 aliphatic heterocycles. The second kappa shape index (κ2) is 4.75. The molecule has 0 aromatic heterocycles. The molecule has 0 atom stereocenters. The summed E-state index contributed by atoms with van der Waals surface area (Å²) in [5, 5.41) is 2.54. The van der Waals surface area contributed by atoms with Crippen LogP contribution in [0.2, 0.25) is 0 Å². The largest absolute Gasteiger partial charge is 0.355 e. The third-order valence-corrected chi connectivity index (χ3v) is 2.44. The highest BCUT2D eigenvalue weighted by Gasteiger charge is 2.15. The maximum atomic E-state index is 11.8. The molecule has 0 fully saturated rings. The summed E-state index contributed by atoms with van der Waals surface area (Å²) in [5.74, 6) is -0.308. The van der Waals surface area contributed by atoms with E-state index in [4.69, 9.17) is 0 Å². The fourth-order valence-electron chi connectivity index (χ4n) is 1.49. The molecule has 0 saturated heterocycles. The van der Waals surface area contributed by atoms with Crippen LogP contribution in [0.1, 0.15) is 33.2 Å². The monoisotopic (exact) mass is 217 g/mol. The van der Waals surface area contributed by atoms with Crippen molar-refractivity contribution in [1.82, 2.24) is 5.32 Å². The normalized spacial score (nSPS) is 9.69. The van der Waals surface area contributed by atoms with Crippen LogP contribution in [0.25, 0.3) is 0 Å². The maximum absolute atomic E-state index is 11.8. The topological polar surface area (TPSA) is 46.2 Å². The van der Waals surface area contributed by atoms with Crippen molar-refractivity contribution in [2.24, 2.45) is 0 Å².